The number of amides is 1. The van der Waals surface area contributed by atoms with E-state index in [0.29, 0.717) is 13.0 Å². The monoisotopic (exact) mass is 271 g/mol. The molecule has 1 aromatic heterocycles. The van der Waals surface area contributed by atoms with Crippen LogP contribution in [0.2, 0.25) is 0 Å². The second-order valence-corrected chi connectivity index (χ2v) is 5.25. The maximum atomic E-state index is 12.1. The summed E-state index contributed by atoms with van der Waals surface area (Å²) in [4.78, 5) is 13.8. The second-order valence-electron chi connectivity index (χ2n) is 5.25. The largest absolute Gasteiger partial charge is 0.464 e. The maximum absolute atomic E-state index is 12.1. The number of benzene rings is 1. The van der Waals surface area contributed by atoms with Crippen molar-refractivity contribution in [3.8, 4) is 0 Å². The Morgan fingerprint density at radius 3 is 2.40 bits per heavy atom. The summed E-state index contributed by atoms with van der Waals surface area (Å²) >= 11 is 0. The van der Waals surface area contributed by atoms with Crippen molar-refractivity contribution in [2.45, 2.75) is 33.2 Å². The van der Waals surface area contributed by atoms with E-state index in [0.717, 1.165) is 17.9 Å². The molecular weight excluding hydrogens is 250 g/mol. The molecule has 0 fully saturated rings. The minimum absolute atomic E-state index is 0.139. The Balaban J connectivity index is 1.83. The van der Waals surface area contributed by atoms with Gasteiger partial charge in [-0.25, -0.2) is 0 Å². The first-order valence-corrected chi connectivity index (χ1v) is 6.89. The molecule has 2 aromatic rings. The van der Waals surface area contributed by atoms with Gasteiger partial charge in [0.25, 0.3) is 0 Å². The van der Waals surface area contributed by atoms with Crippen LogP contribution in [0, 0.1) is 13.8 Å². The summed E-state index contributed by atoms with van der Waals surface area (Å²) < 4.78 is 5.49. The lowest BCUT2D eigenvalue weighted by Crippen LogP contribution is -2.26. The molecule has 0 saturated heterocycles. The van der Waals surface area contributed by atoms with Crippen molar-refractivity contribution in [3.05, 3.63) is 59.0 Å². The van der Waals surface area contributed by atoms with Gasteiger partial charge in [0.2, 0.25) is 5.91 Å². The molecule has 0 atom stereocenters. The fraction of sp³-hybridized carbons (Fsp3) is 0.353. The minimum Gasteiger partial charge on any atom is -0.464 e. The topological polar surface area (TPSA) is 33.5 Å². The van der Waals surface area contributed by atoms with Crippen molar-refractivity contribution in [2.75, 3.05) is 7.05 Å². The van der Waals surface area contributed by atoms with E-state index in [1.807, 2.05) is 26.1 Å². The van der Waals surface area contributed by atoms with Crippen LogP contribution in [-0.4, -0.2) is 17.9 Å². The van der Waals surface area contributed by atoms with Gasteiger partial charge in [-0.1, -0.05) is 29.8 Å². The van der Waals surface area contributed by atoms with Crippen molar-refractivity contribution in [3.63, 3.8) is 0 Å². The molecule has 0 N–H and O–H groups in total. The molecule has 106 valence electrons. The van der Waals surface area contributed by atoms with Crippen LogP contribution in [0.3, 0.4) is 0 Å². The molecule has 1 amide bonds. The Kier molecular flexibility index (Phi) is 4.61. The number of hydrogen-bond acceptors (Lipinski definition) is 2. The average Bonchev–Trinajstić information content (AvgIpc) is 2.83. The van der Waals surface area contributed by atoms with E-state index in [9.17, 15) is 4.79 Å². The van der Waals surface area contributed by atoms with Gasteiger partial charge in [0.05, 0.1) is 6.54 Å². The van der Waals surface area contributed by atoms with Crippen LogP contribution in [0.1, 0.15) is 29.1 Å². The molecule has 1 aromatic carbocycles. The fourth-order valence-corrected chi connectivity index (χ4v) is 2.09. The van der Waals surface area contributed by atoms with Gasteiger partial charge in [-0.15, -0.1) is 0 Å². The molecule has 0 aliphatic carbocycles. The van der Waals surface area contributed by atoms with Gasteiger partial charge in [0, 0.05) is 13.5 Å². The Labute approximate surface area is 120 Å². The summed E-state index contributed by atoms with van der Waals surface area (Å²) in [7, 11) is 1.81. The molecule has 0 aliphatic rings. The standard InChI is InChI=1S/C17H21NO2/c1-13-4-7-15(8-5-13)9-11-17(19)18(3)12-16-10-6-14(2)20-16/h4-8,10H,9,11-12H2,1-3H3. The van der Waals surface area contributed by atoms with Crippen molar-refractivity contribution in [1.82, 2.24) is 4.90 Å². The molecule has 20 heavy (non-hydrogen) atoms. The highest BCUT2D eigenvalue weighted by molar-refractivity contribution is 5.76. The predicted molar refractivity (Wildman–Crippen MR) is 79.4 cm³/mol. The molecule has 0 saturated carbocycles. The zero-order chi connectivity index (χ0) is 14.5. The van der Waals surface area contributed by atoms with Crippen LogP contribution in [0.15, 0.2) is 40.8 Å². The van der Waals surface area contributed by atoms with Crippen molar-refractivity contribution < 1.29 is 9.21 Å². The van der Waals surface area contributed by atoms with Crippen molar-refractivity contribution in [1.29, 1.82) is 0 Å². The van der Waals surface area contributed by atoms with Crippen LogP contribution in [-0.2, 0) is 17.8 Å². The van der Waals surface area contributed by atoms with E-state index in [1.54, 1.807) is 4.90 Å². The van der Waals surface area contributed by atoms with Crippen LogP contribution in [0.4, 0.5) is 0 Å². The molecule has 0 radical (unpaired) electrons. The van der Waals surface area contributed by atoms with Gasteiger partial charge in [-0.05, 0) is 38.0 Å². The third-order valence-corrected chi connectivity index (χ3v) is 3.36. The van der Waals surface area contributed by atoms with E-state index in [2.05, 4.69) is 31.2 Å². The minimum atomic E-state index is 0.139. The van der Waals surface area contributed by atoms with Gasteiger partial charge in [0.1, 0.15) is 11.5 Å². The number of nitrogens with zero attached hydrogens (tertiary/aromatic N) is 1. The Hall–Kier alpha value is -2.03. The first-order valence-electron chi connectivity index (χ1n) is 6.89. The van der Waals surface area contributed by atoms with E-state index < -0.39 is 0 Å². The molecule has 3 heteroatoms. The Bertz CT molecular complexity index is 569. The summed E-state index contributed by atoms with van der Waals surface area (Å²) in [6, 6.07) is 12.2. The summed E-state index contributed by atoms with van der Waals surface area (Å²) in [5.74, 6) is 1.84. The number of aryl methyl sites for hydroxylation is 3. The van der Waals surface area contributed by atoms with Crippen LogP contribution in [0.5, 0.6) is 0 Å². The van der Waals surface area contributed by atoms with Crippen LogP contribution >= 0.6 is 0 Å². The highest BCUT2D eigenvalue weighted by atomic mass is 16.3. The molecular formula is C17H21NO2. The van der Waals surface area contributed by atoms with Gasteiger partial charge in [-0.2, -0.15) is 0 Å². The number of carbonyl (C=O) groups is 1. The SMILES string of the molecule is Cc1ccc(CCC(=O)N(C)Cc2ccc(C)o2)cc1. The van der Waals surface area contributed by atoms with Gasteiger partial charge in [0.15, 0.2) is 0 Å². The normalized spacial score (nSPS) is 10.6. The second kappa shape index (κ2) is 6.42. The average molecular weight is 271 g/mol. The van der Waals surface area contributed by atoms with Gasteiger partial charge in [-0.3, -0.25) is 4.79 Å². The zero-order valence-corrected chi connectivity index (χ0v) is 12.3. The third-order valence-electron chi connectivity index (χ3n) is 3.36. The molecule has 1 heterocycles. The molecule has 0 aliphatic heterocycles. The Morgan fingerprint density at radius 2 is 1.80 bits per heavy atom. The lowest BCUT2D eigenvalue weighted by molar-refractivity contribution is -0.130. The van der Waals surface area contributed by atoms with E-state index >= 15 is 0 Å². The molecule has 3 nitrogen and oxygen atoms in total. The van der Waals surface area contributed by atoms with E-state index in [1.165, 1.54) is 11.1 Å². The van der Waals surface area contributed by atoms with Gasteiger partial charge < -0.3 is 9.32 Å². The molecule has 0 spiro atoms. The first kappa shape index (κ1) is 14.4. The van der Waals surface area contributed by atoms with Crippen LogP contribution in [0.25, 0.3) is 0 Å². The number of hydrogen-bond donors (Lipinski definition) is 0. The number of rotatable bonds is 5. The van der Waals surface area contributed by atoms with Crippen LogP contribution < -0.4 is 0 Å². The van der Waals surface area contributed by atoms with Crippen molar-refractivity contribution in [2.24, 2.45) is 0 Å². The number of carbonyl (C=O) groups excluding carboxylic acids is 1. The lowest BCUT2D eigenvalue weighted by atomic mass is 10.1. The predicted octanol–water partition coefficient (Wildman–Crippen LogP) is 3.49. The highest BCUT2D eigenvalue weighted by Gasteiger charge is 2.11. The zero-order valence-electron chi connectivity index (χ0n) is 12.3. The maximum Gasteiger partial charge on any atom is 0.223 e. The van der Waals surface area contributed by atoms with E-state index in [-0.39, 0.29) is 5.91 Å². The number of furan rings is 1. The van der Waals surface area contributed by atoms with Crippen molar-refractivity contribution >= 4 is 5.91 Å². The summed E-state index contributed by atoms with van der Waals surface area (Å²) in [5, 5.41) is 0. The third kappa shape index (κ3) is 3.98. The van der Waals surface area contributed by atoms with Gasteiger partial charge >= 0.3 is 0 Å². The summed E-state index contributed by atoms with van der Waals surface area (Å²) in [6.07, 6.45) is 1.31. The summed E-state index contributed by atoms with van der Waals surface area (Å²) in [5.41, 5.74) is 2.44. The highest BCUT2D eigenvalue weighted by Crippen LogP contribution is 2.11. The quantitative estimate of drug-likeness (QED) is 0.834. The molecule has 0 bridgehead atoms. The molecule has 0 unspecified atom stereocenters. The Morgan fingerprint density at radius 1 is 1.10 bits per heavy atom. The smallest absolute Gasteiger partial charge is 0.223 e. The molecule has 2 rings (SSSR count). The first-order chi connectivity index (χ1) is 9.54. The van der Waals surface area contributed by atoms with E-state index in [4.69, 9.17) is 4.42 Å². The fourth-order valence-electron chi connectivity index (χ4n) is 2.09. The summed E-state index contributed by atoms with van der Waals surface area (Å²) in [6.45, 7) is 4.50. The lowest BCUT2D eigenvalue weighted by Gasteiger charge is -2.15.